The molecular weight excluding hydrogens is 971 g/mol. The Hall–Kier alpha value is -5.77. The highest BCUT2D eigenvalue weighted by Crippen LogP contribution is 2.48. The molecule has 0 unspecified atom stereocenters. The van der Waals surface area contributed by atoms with Crippen molar-refractivity contribution in [3.05, 3.63) is 200 Å². The van der Waals surface area contributed by atoms with Crippen LogP contribution in [0, 0.1) is 31.5 Å². The molecule has 11 aromatic carbocycles. The lowest BCUT2D eigenvalue weighted by Crippen LogP contribution is -1.95. The van der Waals surface area contributed by atoms with Gasteiger partial charge in [-0.3, -0.25) is 0 Å². The van der Waals surface area contributed by atoms with Crippen molar-refractivity contribution in [3.63, 3.8) is 0 Å². The molecule has 0 amide bonds. The summed E-state index contributed by atoms with van der Waals surface area (Å²) >= 11 is 4.09. The highest BCUT2D eigenvalue weighted by atomic mass is 127. The Balaban J connectivity index is 1.35. The van der Waals surface area contributed by atoms with Gasteiger partial charge in [-0.2, -0.15) is 0 Å². The van der Waals surface area contributed by atoms with Crippen LogP contribution >= 0.6 is 45.2 Å². The molecule has 0 heterocycles. The van der Waals surface area contributed by atoms with Gasteiger partial charge in [0, 0.05) is 3.57 Å². The molecule has 11 rings (SSSR count). The quantitative estimate of drug-likeness (QED) is 0.0713. The van der Waals surface area contributed by atoms with Gasteiger partial charge in [-0.05, 0) is 227 Å². The molecule has 0 saturated carbocycles. The molecule has 0 spiro atoms. The first kappa shape index (κ1) is 37.2. The van der Waals surface area contributed by atoms with E-state index in [-0.39, 0.29) is 9.39 Å². The number of hydrogen-bond donors (Lipinski definition) is 0. The molecule has 0 radical (unpaired) electrons. The summed E-state index contributed by atoms with van der Waals surface area (Å²) in [6.07, 6.45) is 0. The molecule has 0 aliphatic carbocycles. The zero-order valence-corrected chi connectivity index (χ0v) is 36.4. The smallest absolute Gasteiger partial charge is 0.172 e. The molecule has 0 aliphatic heterocycles. The molecular formula is C55H31F3I2. The lowest BCUT2D eigenvalue weighted by atomic mass is 9.82. The van der Waals surface area contributed by atoms with Crippen LogP contribution in [-0.2, 0) is 0 Å². The van der Waals surface area contributed by atoms with Crippen LogP contribution in [0.25, 0.3) is 109 Å². The summed E-state index contributed by atoms with van der Waals surface area (Å²) in [4.78, 5) is 0. The Morgan fingerprint density at radius 3 is 1.50 bits per heavy atom. The lowest BCUT2D eigenvalue weighted by molar-refractivity contribution is 0.504. The summed E-state index contributed by atoms with van der Waals surface area (Å²) in [6.45, 7) is 1.82. The summed E-state index contributed by atoms with van der Waals surface area (Å²) in [7, 11) is 0. The van der Waals surface area contributed by atoms with Crippen LogP contribution in [0.3, 0.4) is 0 Å². The third-order valence-corrected chi connectivity index (χ3v) is 14.0. The molecule has 0 fully saturated rings. The molecule has 0 saturated heterocycles. The van der Waals surface area contributed by atoms with E-state index in [1.54, 1.807) is 12.1 Å². The summed E-state index contributed by atoms with van der Waals surface area (Å²) in [6, 6.07) is 58.3. The fraction of sp³-hybridized carbons (Fsp3) is 0.0182. The maximum absolute atomic E-state index is 15.7. The van der Waals surface area contributed by atoms with Gasteiger partial charge in [-0.25, -0.2) is 13.2 Å². The Bertz CT molecular complexity index is 3580. The summed E-state index contributed by atoms with van der Waals surface area (Å²) in [5.74, 6) is -1.96. The second-order valence-corrected chi connectivity index (χ2v) is 17.8. The van der Waals surface area contributed by atoms with Gasteiger partial charge in [-0.1, -0.05) is 109 Å². The predicted molar refractivity (Wildman–Crippen MR) is 263 cm³/mol. The standard InChI is InChI=1S/C55H31F3I2/c1-30-50(56)26-36(28-52(30)59)34-23-46(45-21-32-10-2-4-12-38(32)41-14-6-8-16-43(41)45)47-25-37-20-31(35-27-51(57)55(58)53(60)29-35)18-19-40(37)54(49(47)24-34)48-22-33-11-3-5-13-39(33)42-15-7-9-17-44(42)48/h2-29H,1H3. The van der Waals surface area contributed by atoms with Crippen molar-refractivity contribution < 1.29 is 13.2 Å². The molecule has 5 heteroatoms. The zero-order valence-electron chi connectivity index (χ0n) is 32.1. The monoisotopic (exact) mass is 1000 g/mol. The van der Waals surface area contributed by atoms with Crippen LogP contribution in [0.15, 0.2) is 170 Å². The molecule has 0 atom stereocenters. The molecule has 60 heavy (non-hydrogen) atoms. The van der Waals surface area contributed by atoms with E-state index in [9.17, 15) is 8.78 Å². The van der Waals surface area contributed by atoms with Crippen LogP contribution in [-0.4, -0.2) is 0 Å². The van der Waals surface area contributed by atoms with Gasteiger partial charge in [0.15, 0.2) is 11.6 Å². The number of fused-ring (bicyclic) bond motifs is 8. The van der Waals surface area contributed by atoms with Crippen molar-refractivity contribution >= 4 is 110 Å². The van der Waals surface area contributed by atoms with Crippen LogP contribution in [0.1, 0.15) is 5.56 Å². The highest BCUT2D eigenvalue weighted by Gasteiger charge is 2.21. The van der Waals surface area contributed by atoms with Gasteiger partial charge in [0.25, 0.3) is 0 Å². The minimum absolute atomic E-state index is 0.227. The van der Waals surface area contributed by atoms with E-state index in [0.717, 1.165) is 96.4 Å². The van der Waals surface area contributed by atoms with Crippen molar-refractivity contribution in [3.8, 4) is 44.5 Å². The van der Waals surface area contributed by atoms with Gasteiger partial charge in [0.05, 0.1) is 3.57 Å². The fourth-order valence-corrected chi connectivity index (χ4v) is 10.3. The normalized spacial score (nSPS) is 11.8. The topological polar surface area (TPSA) is 0 Å². The maximum atomic E-state index is 15.7. The van der Waals surface area contributed by atoms with Crippen LogP contribution in [0.5, 0.6) is 0 Å². The SMILES string of the molecule is Cc1c(F)cc(-c2cc(-c3cc4ccccc4c4ccccc34)c3cc4cc(-c5cc(F)c(F)c(I)c5)ccc4c(-c4cc5ccccc5c5ccccc45)c3c2)cc1I. The predicted octanol–water partition coefficient (Wildman–Crippen LogP) is 17.2. The number of halogens is 5. The third-order valence-electron chi connectivity index (χ3n) is 12.1. The first-order chi connectivity index (χ1) is 29.2. The van der Waals surface area contributed by atoms with Crippen molar-refractivity contribution in [1.82, 2.24) is 0 Å². The van der Waals surface area contributed by atoms with E-state index in [1.807, 2.05) is 35.6 Å². The second kappa shape index (κ2) is 14.5. The van der Waals surface area contributed by atoms with Gasteiger partial charge >= 0.3 is 0 Å². The average Bonchev–Trinajstić information content (AvgIpc) is 3.28. The van der Waals surface area contributed by atoms with E-state index >= 15 is 4.39 Å². The fourth-order valence-electron chi connectivity index (χ4n) is 9.16. The highest BCUT2D eigenvalue weighted by molar-refractivity contribution is 14.1. The molecule has 0 N–H and O–H groups in total. The minimum atomic E-state index is -0.876. The van der Waals surface area contributed by atoms with Crippen LogP contribution < -0.4 is 0 Å². The molecule has 0 aromatic heterocycles. The van der Waals surface area contributed by atoms with Crippen molar-refractivity contribution in [2.24, 2.45) is 0 Å². The van der Waals surface area contributed by atoms with Gasteiger partial charge in [-0.15, -0.1) is 0 Å². The summed E-state index contributed by atoms with van der Waals surface area (Å²) in [5.41, 5.74) is 7.93. The van der Waals surface area contributed by atoms with E-state index in [1.165, 1.54) is 16.8 Å². The Morgan fingerprint density at radius 1 is 0.333 bits per heavy atom. The number of hydrogen-bond acceptors (Lipinski definition) is 0. The average molecular weight is 1000 g/mol. The first-order valence-electron chi connectivity index (χ1n) is 19.7. The van der Waals surface area contributed by atoms with Gasteiger partial charge < -0.3 is 0 Å². The third kappa shape index (κ3) is 5.99. The largest absolute Gasteiger partial charge is 0.207 e. The Labute approximate surface area is 371 Å². The molecule has 0 aliphatic rings. The molecule has 0 bridgehead atoms. The Morgan fingerprint density at radius 2 is 0.850 bits per heavy atom. The molecule has 0 nitrogen and oxygen atoms in total. The van der Waals surface area contributed by atoms with Gasteiger partial charge in [0.2, 0.25) is 0 Å². The first-order valence-corrected chi connectivity index (χ1v) is 21.8. The van der Waals surface area contributed by atoms with Crippen molar-refractivity contribution in [2.75, 3.05) is 0 Å². The minimum Gasteiger partial charge on any atom is -0.207 e. The van der Waals surface area contributed by atoms with Crippen molar-refractivity contribution in [1.29, 1.82) is 0 Å². The number of benzene rings is 11. The molecule has 286 valence electrons. The van der Waals surface area contributed by atoms with E-state index in [4.69, 9.17) is 0 Å². The van der Waals surface area contributed by atoms with E-state index in [2.05, 4.69) is 168 Å². The van der Waals surface area contributed by atoms with E-state index < -0.39 is 11.6 Å². The van der Waals surface area contributed by atoms with Crippen molar-refractivity contribution in [2.45, 2.75) is 6.92 Å². The zero-order chi connectivity index (χ0) is 40.8. The lowest BCUT2D eigenvalue weighted by Gasteiger charge is -2.21. The number of rotatable bonds is 4. The summed E-state index contributed by atoms with van der Waals surface area (Å²) < 4.78 is 46.3. The Kier molecular flexibility index (Phi) is 8.97. The van der Waals surface area contributed by atoms with Gasteiger partial charge in [0.1, 0.15) is 5.82 Å². The molecule has 11 aromatic rings. The summed E-state index contributed by atoms with van der Waals surface area (Å²) in [5, 5.41) is 13.1. The van der Waals surface area contributed by atoms with Crippen LogP contribution in [0.4, 0.5) is 13.2 Å². The van der Waals surface area contributed by atoms with Crippen LogP contribution in [0.2, 0.25) is 0 Å². The second-order valence-electron chi connectivity index (χ2n) is 15.5. The van der Waals surface area contributed by atoms with E-state index in [0.29, 0.717) is 11.1 Å². The maximum Gasteiger partial charge on any atom is 0.172 e.